The highest BCUT2D eigenvalue weighted by Crippen LogP contribution is 2.29. The minimum atomic E-state index is -0.733. The summed E-state index contributed by atoms with van der Waals surface area (Å²) >= 11 is 0. The largest absolute Gasteiger partial charge is 0.481 e. The number of carbonyl (C=O) groups is 1. The van der Waals surface area contributed by atoms with Crippen molar-refractivity contribution >= 4 is 11.7 Å². The molecule has 5 heteroatoms. The first kappa shape index (κ1) is 17.5. The van der Waals surface area contributed by atoms with Crippen LogP contribution in [0.4, 0.5) is 5.69 Å². The van der Waals surface area contributed by atoms with E-state index in [4.69, 9.17) is 9.84 Å². The summed E-state index contributed by atoms with van der Waals surface area (Å²) < 4.78 is 5.98. The molecule has 1 heterocycles. The number of carboxylic acids is 1. The van der Waals surface area contributed by atoms with Gasteiger partial charge in [0.25, 0.3) is 0 Å². The maximum Gasteiger partial charge on any atom is 0.305 e. The Morgan fingerprint density at radius 2 is 2.08 bits per heavy atom. The summed E-state index contributed by atoms with van der Waals surface area (Å²) in [6, 6.07) is 8.41. The fourth-order valence-electron chi connectivity index (χ4n) is 3.50. The summed E-state index contributed by atoms with van der Waals surface area (Å²) in [4.78, 5) is 15.4. The van der Waals surface area contributed by atoms with Crippen LogP contribution in [-0.2, 0) is 4.79 Å². The number of nitrogens with zero attached hydrogens (tertiary/aromatic N) is 2. The van der Waals surface area contributed by atoms with Gasteiger partial charge in [0.05, 0.1) is 6.42 Å². The van der Waals surface area contributed by atoms with E-state index in [9.17, 15) is 4.79 Å². The second-order valence-electron chi connectivity index (χ2n) is 6.92. The number of rotatable bonds is 6. The molecule has 1 N–H and O–H groups in total. The molecule has 1 aromatic carbocycles. The van der Waals surface area contributed by atoms with Gasteiger partial charge >= 0.3 is 5.97 Å². The highest BCUT2D eigenvalue weighted by molar-refractivity contribution is 5.69. The van der Waals surface area contributed by atoms with Crippen molar-refractivity contribution in [3.05, 3.63) is 48.3 Å². The molecule has 2 atom stereocenters. The fourth-order valence-corrected chi connectivity index (χ4v) is 3.50. The Labute approximate surface area is 149 Å². The van der Waals surface area contributed by atoms with Crippen molar-refractivity contribution in [3.63, 3.8) is 0 Å². The average molecular weight is 342 g/mol. The number of likely N-dealkylation sites (N-methyl/N-ethyl adjacent to an activating group) is 1. The van der Waals surface area contributed by atoms with Crippen molar-refractivity contribution in [2.75, 3.05) is 25.5 Å². The van der Waals surface area contributed by atoms with E-state index in [2.05, 4.69) is 36.0 Å². The molecule has 134 valence electrons. The van der Waals surface area contributed by atoms with Gasteiger partial charge in [-0.25, -0.2) is 0 Å². The Morgan fingerprint density at radius 1 is 1.32 bits per heavy atom. The number of anilines is 1. The third-order valence-electron chi connectivity index (χ3n) is 4.87. The Morgan fingerprint density at radius 3 is 2.76 bits per heavy atom. The topological polar surface area (TPSA) is 53.0 Å². The molecule has 5 nitrogen and oxygen atoms in total. The van der Waals surface area contributed by atoms with Gasteiger partial charge in [0.2, 0.25) is 0 Å². The summed E-state index contributed by atoms with van der Waals surface area (Å²) in [5, 5.41) is 9.06. The molecule has 0 aromatic heterocycles. The van der Waals surface area contributed by atoms with E-state index in [1.807, 2.05) is 30.3 Å². The van der Waals surface area contributed by atoms with Gasteiger partial charge in [-0.2, -0.15) is 0 Å². The standard InChI is InChI=1S/C20H26N2O3/c1-21(2)16-5-3-7-19(13-16)25-18-10-8-15(9-11-18)22-12-4-6-17(22)14-20(23)24/h3,7-11,13,16-17H,4-6,12,14H2,1-2H3,(H,23,24). The highest BCUT2D eigenvalue weighted by atomic mass is 16.5. The molecule has 2 unspecified atom stereocenters. The van der Waals surface area contributed by atoms with Crippen LogP contribution < -0.4 is 9.64 Å². The Hall–Kier alpha value is -2.27. The number of hydrogen-bond donors (Lipinski definition) is 1. The lowest BCUT2D eigenvalue weighted by molar-refractivity contribution is -0.137. The highest BCUT2D eigenvalue weighted by Gasteiger charge is 2.26. The van der Waals surface area contributed by atoms with Crippen LogP contribution in [0.1, 0.15) is 25.7 Å². The lowest BCUT2D eigenvalue weighted by atomic mass is 10.1. The smallest absolute Gasteiger partial charge is 0.305 e. The van der Waals surface area contributed by atoms with Gasteiger partial charge in [0.15, 0.2) is 0 Å². The molecule has 1 aliphatic carbocycles. The van der Waals surface area contributed by atoms with Crippen LogP contribution in [0.3, 0.4) is 0 Å². The summed E-state index contributed by atoms with van der Waals surface area (Å²) in [6.07, 6.45) is 9.46. The van der Waals surface area contributed by atoms with Crippen molar-refractivity contribution in [2.24, 2.45) is 0 Å². The molecule has 0 amide bonds. The summed E-state index contributed by atoms with van der Waals surface area (Å²) in [5.74, 6) is 0.930. The molecule has 1 fully saturated rings. The van der Waals surface area contributed by atoms with E-state index in [1.165, 1.54) is 0 Å². The molecule has 1 aromatic rings. The van der Waals surface area contributed by atoms with Crippen molar-refractivity contribution in [1.82, 2.24) is 4.90 Å². The number of allylic oxidation sites excluding steroid dienone is 1. The molecule has 0 saturated carbocycles. The first-order valence-corrected chi connectivity index (χ1v) is 8.84. The predicted octanol–water partition coefficient (Wildman–Crippen LogP) is 3.28. The van der Waals surface area contributed by atoms with Crippen molar-refractivity contribution < 1.29 is 14.6 Å². The van der Waals surface area contributed by atoms with Crippen LogP contribution in [0.5, 0.6) is 5.75 Å². The number of benzene rings is 1. The van der Waals surface area contributed by atoms with E-state index in [-0.39, 0.29) is 12.5 Å². The molecule has 1 saturated heterocycles. The van der Waals surface area contributed by atoms with Gasteiger partial charge in [0, 0.05) is 24.3 Å². The second kappa shape index (κ2) is 7.74. The number of hydrogen-bond acceptors (Lipinski definition) is 4. The summed E-state index contributed by atoms with van der Waals surface area (Å²) in [7, 11) is 4.13. The monoisotopic (exact) mass is 342 g/mol. The minimum absolute atomic E-state index is 0.0918. The first-order valence-electron chi connectivity index (χ1n) is 8.84. The molecule has 3 rings (SSSR count). The molecular formula is C20H26N2O3. The molecule has 0 bridgehead atoms. The minimum Gasteiger partial charge on any atom is -0.481 e. The zero-order valence-corrected chi connectivity index (χ0v) is 14.9. The fraction of sp³-hybridized carbons (Fsp3) is 0.450. The molecular weight excluding hydrogens is 316 g/mol. The molecule has 25 heavy (non-hydrogen) atoms. The van der Waals surface area contributed by atoms with Gasteiger partial charge < -0.3 is 19.6 Å². The summed E-state index contributed by atoms with van der Waals surface area (Å²) in [6.45, 7) is 0.913. The number of ether oxygens (including phenoxy) is 1. The van der Waals surface area contributed by atoms with Crippen LogP contribution in [0.2, 0.25) is 0 Å². The zero-order valence-electron chi connectivity index (χ0n) is 14.9. The van der Waals surface area contributed by atoms with Gasteiger partial charge in [0.1, 0.15) is 11.5 Å². The van der Waals surface area contributed by atoms with Gasteiger partial charge in [-0.1, -0.05) is 6.08 Å². The molecule has 0 spiro atoms. The number of carboxylic acid groups (broad SMARTS) is 1. The van der Waals surface area contributed by atoms with Crippen LogP contribution in [0.25, 0.3) is 0 Å². The normalized spacial score (nSPS) is 23.0. The van der Waals surface area contributed by atoms with Crippen molar-refractivity contribution in [3.8, 4) is 5.75 Å². The number of aliphatic carboxylic acids is 1. The van der Waals surface area contributed by atoms with Gasteiger partial charge in [-0.15, -0.1) is 0 Å². The Kier molecular flexibility index (Phi) is 5.43. The molecule has 0 radical (unpaired) electrons. The SMILES string of the molecule is CN(C)C1C=C(Oc2ccc(N3CCCC3CC(=O)O)cc2)C=CC1. The first-order chi connectivity index (χ1) is 12.0. The van der Waals surface area contributed by atoms with Gasteiger partial charge in [-0.3, -0.25) is 4.79 Å². The van der Waals surface area contributed by atoms with E-state index in [0.29, 0.717) is 6.04 Å². The molecule has 1 aliphatic heterocycles. The maximum absolute atomic E-state index is 11.0. The second-order valence-corrected chi connectivity index (χ2v) is 6.92. The van der Waals surface area contributed by atoms with Gasteiger partial charge in [-0.05, 0) is 69.8 Å². The quantitative estimate of drug-likeness (QED) is 0.860. The third kappa shape index (κ3) is 4.42. The van der Waals surface area contributed by atoms with E-state index < -0.39 is 5.97 Å². The predicted molar refractivity (Wildman–Crippen MR) is 99.0 cm³/mol. The lowest BCUT2D eigenvalue weighted by Gasteiger charge is -2.26. The summed E-state index contributed by atoms with van der Waals surface area (Å²) in [5.41, 5.74) is 1.07. The Bertz CT molecular complexity index is 664. The van der Waals surface area contributed by atoms with E-state index >= 15 is 0 Å². The van der Waals surface area contributed by atoms with E-state index in [1.54, 1.807) is 0 Å². The van der Waals surface area contributed by atoms with Crippen molar-refractivity contribution in [1.29, 1.82) is 0 Å². The van der Waals surface area contributed by atoms with Crippen LogP contribution in [-0.4, -0.2) is 48.7 Å². The third-order valence-corrected chi connectivity index (χ3v) is 4.87. The zero-order chi connectivity index (χ0) is 17.8. The van der Waals surface area contributed by atoms with Crippen LogP contribution in [0, 0.1) is 0 Å². The lowest BCUT2D eigenvalue weighted by Crippen LogP contribution is -2.31. The average Bonchev–Trinajstić information content (AvgIpc) is 3.03. The van der Waals surface area contributed by atoms with Crippen molar-refractivity contribution in [2.45, 2.75) is 37.8 Å². The van der Waals surface area contributed by atoms with Crippen LogP contribution in [0.15, 0.2) is 48.3 Å². The Balaban J connectivity index is 1.66. The van der Waals surface area contributed by atoms with E-state index in [0.717, 1.165) is 43.0 Å². The maximum atomic E-state index is 11.0. The van der Waals surface area contributed by atoms with Crippen LogP contribution >= 0.6 is 0 Å². The molecule has 2 aliphatic rings.